The molecule has 2 aromatic carbocycles. The third-order valence-electron chi connectivity index (χ3n) is 3.92. The zero-order valence-corrected chi connectivity index (χ0v) is 14.5. The van der Waals surface area contributed by atoms with Crippen LogP contribution in [0.1, 0.15) is 15.9 Å². The topological polar surface area (TPSA) is 26.3 Å². The first kappa shape index (κ1) is 17.4. The van der Waals surface area contributed by atoms with Gasteiger partial charge in [0.15, 0.2) is 10.8 Å². The first-order valence-electron chi connectivity index (χ1n) is 8.18. The van der Waals surface area contributed by atoms with Crippen molar-refractivity contribution in [3.63, 3.8) is 0 Å². The summed E-state index contributed by atoms with van der Waals surface area (Å²) in [4.78, 5) is 12.1. The largest absolute Gasteiger partial charge is 0.348 e. The van der Waals surface area contributed by atoms with Crippen molar-refractivity contribution < 1.29 is 9.53 Å². The summed E-state index contributed by atoms with van der Waals surface area (Å²) < 4.78 is 5.80. The van der Waals surface area contributed by atoms with Crippen LogP contribution in [0, 0.1) is 5.92 Å². The van der Waals surface area contributed by atoms with Gasteiger partial charge in [0.05, 0.1) is 6.61 Å². The molecular formula is C22H19ClO2. The van der Waals surface area contributed by atoms with Gasteiger partial charge in [-0.15, -0.1) is 0 Å². The van der Waals surface area contributed by atoms with Gasteiger partial charge in [-0.25, -0.2) is 0 Å². The second kappa shape index (κ2) is 8.11. The van der Waals surface area contributed by atoms with Crippen molar-refractivity contribution in [1.29, 1.82) is 0 Å². The average Bonchev–Trinajstić information content (AvgIpc) is 2.67. The van der Waals surface area contributed by atoms with Crippen molar-refractivity contribution in [1.82, 2.24) is 0 Å². The molecule has 0 N–H and O–H groups in total. The maximum atomic E-state index is 12.1. The molecule has 1 aliphatic carbocycles. The lowest BCUT2D eigenvalue weighted by Gasteiger charge is -2.24. The van der Waals surface area contributed by atoms with Gasteiger partial charge in [0, 0.05) is 11.5 Å². The van der Waals surface area contributed by atoms with Crippen molar-refractivity contribution in [3.05, 3.63) is 108 Å². The van der Waals surface area contributed by atoms with Gasteiger partial charge in [-0.1, -0.05) is 90.5 Å². The Hall–Kier alpha value is -2.42. The van der Waals surface area contributed by atoms with E-state index in [2.05, 4.69) is 0 Å². The molecule has 0 atom stereocenters. The summed E-state index contributed by atoms with van der Waals surface area (Å²) in [6, 6.07) is 19.1. The number of carbonyl (C=O) groups is 1. The molecular weight excluding hydrogens is 332 g/mol. The highest BCUT2D eigenvalue weighted by molar-refractivity contribution is 6.25. The lowest BCUT2D eigenvalue weighted by Crippen LogP contribution is -2.22. The second-order valence-electron chi connectivity index (χ2n) is 5.86. The first-order valence-corrected chi connectivity index (χ1v) is 8.55. The van der Waals surface area contributed by atoms with E-state index < -0.39 is 5.06 Å². The Morgan fingerprint density at radius 2 is 1.60 bits per heavy atom. The molecule has 126 valence electrons. The SMILES string of the molecule is O=C(/C=C/C1C=CC(Cl)(OCc2ccccc2)C=C1)c1ccccc1. The van der Waals surface area contributed by atoms with E-state index in [0.717, 1.165) is 5.56 Å². The molecule has 0 radical (unpaired) electrons. The van der Waals surface area contributed by atoms with E-state index in [4.69, 9.17) is 16.3 Å². The number of ketones is 1. The molecule has 0 fully saturated rings. The molecule has 0 bridgehead atoms. The van der Waals surface area contributed by atoms with Gasteiger partial charge in [-0.05, 0) is 23.8 Å². The van der Waals surface area contributed by atoms with E-state index in [1.165, 1.54) is 0 Å². The summed E-state index contributed by atoms with van der Waals surface area (Å²) in [5.41, 5.74) is 1.75. The Labute approximate surface area is 153 Å². The van der Waals surface area contributed by atoms with Crippen molar-refractivity contribution in [2.75, 3.05) is 0 Å². The quantitative estimate of drug-likeness (QED) is 0.305. The number of halogens is 1. The summed E-state index contributed by atoms with van der Waals surface area (Å²) in [6.45, 7) is 0.437. The molecule has 0 amide bonds. The van der Waals surface area contributed by atoms with E-state index in [1.807, 2.05) is 78.9 Å². The lowest BCUT2D eigenvalue weighted by atomic mass is 10.00. The normalized spacial score (nSPS) is 22.4. The zero-order chi connectivity index (χ0) is 17.5. The maximum absolute atomic E-state index is 12.1. The molecule has 0 aromatic heterocycles. The molecule has 0 unspecified atom stereocenters. The van der Waals surface area contributed by atoms with Crippen LogP contribution in [0.3, 0.4) is 0 Å². The number of allylic oxidation sites excluding steroid dienone is 4. The number of benzene rings is 2. The van der Waals surface area contributed by atoms with Crippen molar-refractivity contribution in [3.8, 4) is 0 Å². The van der Waals surface area contributed by atoms with E-state index in [-0.39, 0.29) is 11.7 Å². The van der Waals surface area contributed by atoms with Crippen molar-refractivity contribution in [2.24, 2.45) is 5.92 Å². The number of alkyl halides is 1. The van der Waals surface area contributed by atoms with Crippen molar-refractivity contribution >= 4 is 17.4 Å². The molecule has 2 aromatic rings. The van der Waals surface area contributed by atoms with Crippen LogP contribution in [0.2, 0.25) is 0 Å². The average molecular weight is 351 g/mol. The minimum atomic E-state index is -0.941. The van der Waals surface area contributed by atoms with Crippen LogP contribution >= 0.6 is 11.6 Å². The number of hydrogen-bond acceptors (Lipinski definition) is 2. The van der Waals surface area contributed by atoms with Gasteiger partial charge >= 0.3 is 0 Å². The summed E-state index contributed by atoms with van der Waals surface area (Å²) in [6.07, 6.45) is 11.0. The van der Waals surface area contributed by atoms with Gasteiger partial charge in [-0.2, -0.15) is 0 Å². The number of ether oxygens (including phenoxy) is 1. The van der Waals surface area contributed by atoms with Crippen molar-refractivity contribution in [2.45, 2.75) is 11.7 Å². The Morgan fingerprint density at radius 1 is 1.00 bits per heavy atom. The van der Waals surface area contributed by atoms with E-state index >= 15 is 0 Å². The fourth-order valence-corrected chi connectivity index (χ4v) is 2.69. The van der Waals surface area contributed by atoms with Gasteiger partial charge in [0.1, 0.15) is 0 Å². The number of rotatable bonds is 6. The van der Waals surface area contributed by atoms with Gasteiger partial charge in [-0.3, -0.25) is 4.79 Å². The molecule has 1 aliphatic rings. The number of carbonyl (C=O) groups excluding carboxylic acids is 1. The molecule has 25 heavy (non-hydrogen) atoms. The third kappa shape index (κ3) is 5.02. The standard InChI is InChI=1S/C22H19ClO2/c23-22(25-17-19-7-3-1-4-8-19)15-13-18(14-16-22)11-12-21(24)20-9-5-2-6-10-20/h1-16,18H,17H2/b12-11+. The number of hydrogen-bond donors (Lipinski definition) is 0. The Morgan fingerprint density at radius 3 is 2.24 bits per heavy atom. The summed E-state index contributed by atoms with van der Waals surface area (Å²) in [5, 5.41) is -0.941. The molecule has 2 nitrogen and oxygen atoms in total. The lowest BCUT2D eigenvalue weighted by molar-refractivity contribution is 0.0713. The first-order chi connectivity index (χ1) is 12.1. The Bertz CT molecular complexity index is 777. The monoisotopic (exact) mass is 350 g/mol. The van der Waals surface area contributed by atoms with E-state index in [9.17, 15) is 4.79 Å². The van der Waals surface area contributed by atoms with Crippen LogP contribution in [0.5, 0.6) is 0 Å². The van der Waals surface area contributed by atoms with Crippen LogP contribution in [-0.2, 0) is 11.3 Å². The molecule has 0 spiro atoms. The molecule has 3 heteroatoms. The van der Waals surface area contributed by atoms with Crippen LogP contribution in [0.4, 0.5) is 0 Å². The predicted octanol–water partition coefficient (Wildman–Crippen LogP) is 5.32. The van der Waals surface area contributed by atoms with Crippen LogP contribution in [0.15, 0.2) is 97.1 Å². The smallest absolute Gasteiger partial charge is 0.185 e. The van der Waals surface area contributed by atoms with Gasteiger partial charge in [0.25, 0.3) is 0 Å². The second-order valence-corrected chi connectivity index (χ2v) is 6.45. The van der Waals surface area contributed by atoms with Gasteiger partial charge < -0.3 is 4.74 Å². The fourth-order valence-electron chi connectivity index (χ4n) is 2.49. The summed E-state index contributed by atoms with van der Waals surface area (Å²) in [5.74, 6) is 0.0188. The summed E-state index contributed by atoms with van der Waals surface area (Å²) in [7, 11) is 0. The van der Waals surface area contributed by atoms with Gasteiger partial charge in [0.2, 0.25) is 0 Å². The Balaban J connectivity index is 1.56. The molecule has 3 rings (SSSR count). The zero-order valence-electron chi connectivity index (χ0n) is 13.7. The highest BCUT2D eigenvalue weighted by atomic mass is 35.5. The molecule has 0 heterocycles. The van der Waals surface area contributed by atoms with Crippen LogP contribution in [0.25, 0.3) is 0 Å². The summed E-state index contributed by atoms with van der Waals surface area (Å²) >= 11 is 6.46. The van der Waals surface area contributed by atoms with E-state index in [0.29, 0.717) is 12.2 Å². The van der Waals surface area contributed by atoms with Crippen LogP contribution < -0.4 is 0 Å². The van der Waals surface area contributed by atoms with Crippen LogP contribution in [-0.4, -0.2) is 10.8 Å². The molecule has 0 aliphatic heterocycles. The minimum Gasteiger partial charge on any atom is -0.348 e. The molecule has 0 saturated heterocycles. The third-order valence-corrected chi connectivity index (χ3v) is 4.28. The highest BCUT2D eigenvalue weighted by Gasteiger charge is 2.24. The fraction of sp³-hybridized carbons (Fsp3) is 0.136. The maximum Gasteiger partial charge on any atom is 0.185 e. The predicted molar refractivity (Wildman–Crippen MR) is 101 cm³/mol. The Kier molecular flexibility index (Phi) is 5.64. The molecule has 0 saturated carbocycles. The minimum absolute atomic E-state index is 0.00885. The highest BCUT2D eigenvalue weighted by Crippen LogP contribution is 2.28. The van der Waals surface area contributed by atoms with E-state index in [1.54, 1.807) is 18.2 Å².